The molecule has 0 radical (unpaired) electrons. The predicted molar refractivity (Wildman–Crippen MR) is 120 cm³/mol. The molecule has 0 unspecified atom stereocenters. The molecule has 1 aliphatic heterocycles. The van der Waals surface area contributed by atoms with Gasteiger partial charge in [0, 0.05) is 11.1 Å². The molecule has 9 heteroatoms. The summed E-state index contributed by atoms with van der Waals surface area (Å²) >= 11 is 0.913. The summed E-state index contributed by atoms with van der Waals surface area (Å²) in [5.74, 6) is -3.47. The maximum Gasteiger partial charge on any atom is 0.338 e. The molecule has 33 heavy (non-hydrogen) atoms. The van der Waals surface area contributed by atoms with Crippen molar-refractivity contribution < 1.29 is 18.3 Å². The SMILES string of the molecule is CCOC(=O)C1=C(N)n2c(s/c(=C\c3ccccc3F)c2=O)=C(C#N)[C@@H]1c1ccccc1F. The topological polar surface area (TPSA) is 98.1 Å². The highest BCUT2D eigenvalue weighted by atomic mass is 32.1. The minimum atomic E-state index is -1.17. The van der Waals surface area contributed by atoms with Gasteiger partial charge in [0.1, 0.15) is 22.1 Å². The van der Waals surface area contributed by atoms with Crippen molar-refractivity contribution in [3.8, 4) is 6.07 Å². The quantitative estimate of drug-likeness (QED) is 0.596. The maximum absolute atomic E-state index is 14.8. The Labute approximate surface area is 190 Å². The van der Waals surface area contributed by atoms with Gasteiger partial charge in [0.2, 0.25) is 0 Å². The van der Waals surface area contributed by atoms with E-state index in [1.54, 1.807) is 19.1 Å². The molecule has 3 aromatic rings. The molecule has 0 aliphatic carbocycles. The summed E-state index contributed by atoms with van der Waals surface area (Å²) in [6, 6.07) is 13.6. The summed E-state index contributed by atoms with van der Waals surface area (Å²) in [6.45, 7) is 1.60. The second-order valence-electron chi connectivity index (χ2n) is 7.08. The van der Waals surface area contributed by atoms with Crippen molar-refractivity contribution in [2.45, 2.75) is 12.8 Å². The lowest BCUT2D eigenvalue weighted by Gasteiger charge is -2.25. The summed E-state index contributed by atoms with van der Waals surface area (Å²) in [4.78, 5) is 26.0. The molecule has 166 valence electrons. The Bertz CT molecular complexity index is 1530. The van der Waals surface area contributed by atoms with Gasteiger partial charge in [-0.2, -0.15) is 5.26 Å². The third-order valence-corrected chi connectivity index (χ3v) is 6.28. The molecule has 2 N–H and O–H groups in total. The highest BCUT2D eigenvalue weighted by Gasteiger charge is 2.37. The zero-order chi connectivity index (χ0) is 23.7. The first-order valence-corrected chi connectivity index (χ1v) is 10.7. The van der Waals surface area contributed by atoms with Gasteiger partial charge in [-0.15, -0.1) is 11.3 Å². The molecule has 1 aromatic heterocycles. The number of halogens is 2. The van der Waals surface area contributed by atoms with Crippen molar-refractivity contribution in [3.05, 3.63) is 96.4 Å². The van der Waals surface area contributed by atoms with Gasteiger partial charge in [0.25, 0.3) is 5.56 Å². The van der Waals surface area contributed by atoms with E-state index in [1.165, 1.54) is 42.5 Å². The Morgan fingerprint density at radius 3 is 2.52 bits per heavy atom. The summed E-state index contributed by atoms with van der Waals surface area (Å²) in [5, 5.41) is 10.0. The molecule has 0 spiro atoms. The number of nitrogens with zero attached hydrogens (tertiary/aromatic N) is 2. The second-order valence-corrected chi connectivity index (χ2v) is 8.11. The van der Waals surface area contributed by atoms with Crippen LogP contribution in [0.15, 0.2) is 58.9 Å². The largest absolute Gasteiger partial charge is 0.463 e. The standard InChI is InChI=1S/C24H17F2N3O3S/c1-2-32-24(31)20-19(14-8-4-6-10-17(14)26)15(12-27)23-29(21(20)28)22(30)18(33-23)11-13-7-3-5-9-16(13)25/h3-11,19H,2,28H2,1H3/b18-11-/t19-/m0/s1. The summed E-state index contributed by atoms with van der Waals surface area (Å²) in [5.41, 5.74) is 5.62. The van der Waals surface area contributed by atoms with E-state index in [0.717, 1.165) is 15.9 Å². The van der Waals surface area contributed by atoms with Crippen molar-refractivity contribution in [1.29, 1.82) is 5.26 Å². The number of aromatic nitrogens is 1. The van der Waals surface area contributed by atoms with Gasteiger partial charge < -0.3 is 10.5 Å². The van der Waals surface area contributed by atoms with Crippen molar-refractivity contribution in [2.24, 2.45) is 5.73 Å². The van der Waals surface area contributed by atoms with Crippen LogP contribution in [-0.2, 0) is 9.53 Å². The van der Waals surface area contributed by atoms with E-state index in [0.29, 0.717) is 0 Å². The van der Waals surface area contributed by atoms with Crippen LogP contribution < -0.4 is 20.5 Å². The Hall–Kier alpha value is -4.03. The fourth-order valence-electron chi connectivity index (χ4n) is 3.71. The fraction of sp³-hybridized carbons (Fsp3) is 0.125. The van der Waals surface area contributed by atoms with Gasteiger partial charge >= 0.3 is 5.97 Å². The Balaban J connectivity index is 2.11. The third kappa shape index (κ3) is 3.75. The minimum Gasteiger partial charge on any atom is -0.463 e. The molecule has 4 rings (SSSR count). The minimum absolute atomic E-state index is 0.0131. The smallest absolute Gasteiger partial charge is 0.338 e. The lowest BCUT2D eigenvalue weighted by Crippen LogP contribution is -2.40. The Morgan fingerprint density at radius 2 is 1.88 bits per heavy atom. The van der Waals surface area contributed by atoms with E-state index in [-0.39, 0.29) is 43.9 Å². The second kappa shape index (κ2) is 8.84. The third-order valence-electron chi connectivity index (χ3n) is 5.17. The average Bonchev–Trinajstić information content (AvgIpc) is 3.12. The first-order chi connectivity index (χ1) is 15.9. The van der Waals surface area contributed by atoms with E-state index < -0.39 is 29.1 Å². The van der Waals surface area contributed by atoms with Crippen LogP contribution in [0, 0.1) is 23.0 Å². The molecule has 6 nitrogen and oxygen atoms in total. The number of carbonyl (C=O) groups excluding carboxylic acids is 1. The number of thiazole rings is 1. The molecule has 0 saturated heterocycles. The van der Waals surface area contributed by atoms with Crippen molar-refractivity contribution >= 4 is 34.8 Å². The molecule has 0 fully saturated rings. The number of fused-ring (bicyclic) bond motifs is 1. The lowest BCUT2D eigenvalue weighted by atomic mass is 9.83. The van der Waals surface area contributed by atoms with Crippen LogP contribution in [0.5, 0.6) is 0 Å². The number of nitriles is 1. The number of hydrogen-bond donors (Lipinski definition) is 1. The van der Waals surface area contributed by atoms with Crippen molar-refractivity contribution in [1.82, 2.24) is 4.57 Å². The van der Waals surface area contributed by atoms with Crippen LogP contribution in [0.25, 0.3) is 17.5 Å². The zero-order valence-electron chi connectivity index (χ0n) is 17.3. The monoisotopic (exact) mass is 465 g/mol. The molecule has 0 amide bonds. The number of hydrogen-bond acceptors (Lipinski definition) is 6. The first-order valence-electron chi connectivity index (χ1n) is 9.93. The van der Waals surface area contributed by atoms with Crippen LogP contribution in [-0.4, -0.2) is 17.1 Å². The normalized spacial score (nSPS) is 15.9. The molecule has 0 saturated carbocycles. The average molecular weight is 465 g/mol. The molecular weight excluding hydrogens is 448 g/mol. The summed E-state index contributed by atoms with van der Waals surface area (Å²) < 4.78 is 35.3. The van der Waals surface area contributed by atoms with Crippen LogP contribution in [0.1, 0.15) is 24.0 Å². The number of rotatable bonds is 4. The highest BCUT2D eigenvalue weighted by Crippen LogP contribution is 2.37. The molecule has 0 bridgehead atoms. The van der Waals surface area contributed by atoms with Gasteiger partial charge in [-0.25, -0.2) is 13.6 Å². The lowest BCUT2D eigenvalue weighted by molar-refractivity contribution is -0.138. The molecule has 2 heterocycles. The van der Waals surface area contributed by atoms with Crippen molar-refractivity contribution in [3.63, 3.8) is 0 Å². The highest BCUT2D eigenvalue weighted by molar-refractivity contribution is 7.07. The van der Waals surface area contributed by atoms with Gasteiger partial charge in [-0.1, -0.05) is 36.4 Å². The number of esters is 1. The first kappa shape index (κ1) is 22.2. The number of benzene rings is 2. The molecular formula is C24H17F2N3O3S. The summed E-state index contributed by atoms with van der Waals surface area (Å²) in [7, 11) is 0. The van der Waals surface area contributed by atoms with E-state index in [2.05, 4.69) is 0 Å². The van der Waals surface area contributed by atoms with E-state index in [1.807, 2.05) is 6.07 Å². The number of carbonyl (C=O) groups is 1. The van der Waals surface area contributed by atoms with Crippen LogP contribution in [0.4, 0.5) is 8.78 Å². The number of nitrogens with two attached hydrogens (primary N) is 1. The van der Waals surface area contributed by atoms with Crippen LogP contribution in [0.2, 0.25) is 0 Å². The summed E-state index contributed by atoms with van der Waals surface area (Å²) in [6.07, 6.45) is 1.35. The fourth-order valence-corrected chi connectivity index (χ4v) is 4.83. The van der Waals surface area contributed by atoms with E-state index in [4.69, 9.17) is 10.5 Å². The molecule has 2 aromatic carbocycles. The van der Waals surface area contributed by atoms with Crippen LogP contribution >= 0.6 is 11.3 Å². The Kier molecular flexibility index (Phi) is 5.94. The predicted octanol–water partition coefficient (Wildman–Crippen LogP) is 2.18. The van der Waals surface area contributed by atoms with Gasteiger partial charge in [0.05, 0.1) is 34.3 Å². The van der Waals surface area contributed by atoms with Crippen molar-refractivity contribution in [2.75, 3.05) is 6.61 Å². The maximum atomic E-state index is 14.8. The van der Waals surface area contributed by atoms with Crippen LogP contribution in [0.3, 0.4) is 0 Å². The van der Waals surface area contributed by atoms with Gasteiger partial charge in [-0.05, 0) is 25.1 Å². The van der Waals surface area contributed by atoms with E-state index in [9.17, 15) is 23.6 Å². The molecule has 1 aliphatic rings. The molecule has 1 atom stereocenters. The Morgan fingerprint density at radius 1 is 1.21 bits per heavy atom. The van der Waals surface area contributed by atoms with E-state index >= 15 is 0 Å². The van der Waals surface area contributed by atoms with Gasteiger partial charge in [-0.3, -0.25) is 9.36 Å². The van der Waals surface area contributed by atoms with Gasteiger partial charge in [0.15, 0.2) is 0 Å². The zero-order valence-corrected chi connectivity index (χ0v) is 18.2. The number of ether oxygens (including phenoxy) is 1.